The normalized spacial score (nSPS) is 11.5. The standard InChI is InChI=1S/C14H24N2O4S/c1-3-15-13-5-7-14(8-6-13)21(17,18)16-9-4-10-20-12-11-19-2/h5-8,15-16H,3-4,9-12H2,1-2H3. The molecule has 0 aromatic heterocycles. The minimum absolute atomic E-state index is 0.268. The van der Waals surface area contributed by atoms with Gasteiger partial charge in [-0.2, -0.15) is 0 Å². The first-order valence-electron chi connectivity index (χ1n) is 7.00. The van der Waals surface area contributed by atoms with Crippen LogP contribution in [0.25, 0.3) is 0 Å². The molecule has 0 aliphatic rings. The van der Waals surface area contributed by atoms with Crippen LogP contribution in [0.2, 0.25) is 0 Å². The summed E-state index contributed by atoms with van der Waals surface area (Å²) in [6.07, 6.45) is 0.623. The van der Waals surface area contributed by atoms with E-state index in [-0.39, 0.29) is 4.90 Å². The van der Waals surface area contributed by atoms with Crippen LogP contribution in [0.3, 0.4) is 0 Å². The third-order valence-electron chi connectivity index (χ3n) is 2.73. The van der Waals surface area contributed by atoms with E-state index >= 15 is 0 Å². The number of nitrogens with one attached hydrogen (secondary N) is 2. The fraction of sp³-hybridized carbons (Fsp3) is 0.571. The van der Waals surface area contributed by atoms with Gasteiger partial charge in [0.25, 0.3) is 0 Å². The lowest BCUT2D eigenvalue weighted by atomic mass is 10.3. The monoisotopic (exact) mass is 316 g/mol. The highest BCUT2D eigenvalue weighted by molar-refractivity contribution is 7.89. The Morgan fingerprint density at radius 2 is 1.81 bits per heavy atom. The summed E-state index contributed by atoms with van der Waals surface area (Å²) in [6, 6.07) is 6.70. The first-order valence-corrected chi connectivity index (χ1v) is 8.48. The van der Waals surface area contributed by atoms with Gasteiger partial charge in [0.2, 0.25) is 10.0 Å². The summed E-state index contributed by atoms with van der Waals surface area (Å²) in [4.78, 5) is 0.268. The smallest absolute Gasteiger partial charge is 0.240 e. The first kappa shape index (κ1) is 17.9. The molecule has 0 unspecified atom stereocenters. The lowest BCUT2D eigenvalue weighted by Crippen LogP contribution is -2.25. The number of hydrogen-bond acceptors (Lipinski definition) is 5. The molecule has 120 valence electrons. The predicted octanol–water partition coefficient (Wildman–Crippen LogP) is 1.45. The van der Waals surface area contributed by atoms with Gasteiger partial charge in [-0.15, -0.1) is 0 Å². The van der Waals surface area contributed by atoms with Gasteiger partial charge in [0.15, 0.2) is 0 Å². The summed E-state index contributed by atoms with van der Waals surface area (Å²) in [5.41, 5.74) is 0.906. The summed E-state index contributed by atoms with van der Waals surface area (Å²) >= 11 is 0. The number of methoxy groups -OCH3 is 1. The summed E-state index contributed by atoms with van der Waals surface area (Å²) in [6.45, 7) is 4.71. The van der Waals surface area contributed by atoms with Crippen LogP contribution in [0.15, 0.2) is 29.2 Å². The van der Waals surface area contributed by atoms with E-state index in [9.17, 15) is 8.42 Å². The average molecular weight is 316 g/mol. The quantitative estimate of drug-likeness (QED) is 0.604. The number of hydrogen-bond donors (Lipinski definition) is 2. The van der Waals surface area contributed by atoms with E-state index in [0.29, 0.717) is 32.8 Å². The second-order valence-electron chi connectivity index (χ2n) is 4.41. The molecule has 1 aromatic rings. The van der Waals surface area contributed by atoms with Crippen molar-refractivity contribution >= 4 is 15.7 Å². The molecular weight excluding hydrogens is 292 g/mol. The summed E-state index contributed by atoms with van der Waals surface area (Å²) in [7, 11) is -1.84. The Morgan fingerprint density at radius 1 is 1.10 bits per heavy atom. The Morgan fingerprint density at radius 3 is 2.43 bits per heavy atom. The van der Waals surface area contributed by atoms with Crippen molar-refractivity contribution in [2.75, 3.05) is 45.3 Å². The number of sulfonamides is 1. The molecule has 0 amide bonds. The molecule has 0 atom stereocenters. The molecule has 2 N–H and O–H groups in total. The molecule has 0 radical (unpaired) electrons. The van der Waals surface area contributed by atoms with Gasteiger partial charge in [-0.05, 0) is 37.6 Å². The molecule has 0 fully saturated rings. The van der Waals surface area contributed by atoms with Gasteiger partial charge in [-0.3, -0.25) is 0 Å². The average Bonchev–Trinajstić information content (AvgIpc) is 2.47. The van der Waals surface area contributed by atoms with Crippen LogP contribution in [0.4, 0.5) is 5.69 Å². The van der Waals surface area contributed by atoms with Gasteiger partial charge in [0, 0.05) is 32.5 Å². The van der Waals surface area contributed by atoms with E-state index in [0.717, 1.165) is 12.2 Å². The van der Waals surface area contributed by atoms with E-state index in [2.05, 4.69) is 10.0 Å². The summed E-state index contributed by atoms with van der Waals surface area (Å²) in [5.74, 6) is 0. The van der Waals surface area contributed by atoms with Crippen molar-refractivity contribution < 1.29 is 17.9 Å². The van der Waals surface area contributed by atoms with Crippen molar-refractivity contribution in [1.82, 2.24) is 4.72 Å². The van der Waals surface area contributed by atoms with Crippen LogP contribution in [-0.4, -0.2) is 48.4 Å². The van der Waals surface area contributed by atoms with Crippen molar-refractivity contribution in [1.29, 1.82) is 0 Å². The minimum atomic E-state index is -3.45. The molecule has 1 aromatic carbocycles. The minimum Gasteiger partial charge on any atom is -0.385 e. The van der Waals surface area contributed by atoms with Gasteiger partial charge in [0.05, 0.1) is 18.1 Å². The van der Waals surface area contributed by atoms with Crippen LogP contribution in [0, 0.1) is 0 Å². The predicted molar refractivity (Wildman–Crippen MR) is 83.1 cm³/mol. The highest BCUT2D eigenvalue weighted by atomic mass is 32.2. The van der Waals surface area contributed by atoms with E-state index < -0.39 is 10.0 Å². The zero-order valence-electron chi connectivity index (χ0n) is 12.6. The Kier molecular flexibility index (Phi) is 8.29. The topological polar surface area (TPSA) is 76.7 Å². The number of anilines is 1. The van der Waals surface area contributed by atoms with Crippen LogP contribution in [-0.2, 0) is 19.5 Å². The maximum atomic E-state index is 12.0. The molecule has 6 nitrogen and oxygen atoms in total. The van der Waals surface area contributed by atoms with Crippen LogP contribution in [0.1, 0.15) is 13.3 Å². The second-order valence-corrected chi connectivity index (χ2v) is 6.18. The molecule has 7 heteroatoms. The molecule has 1 rings (SSSR count). The van der Waals surface area contributed by atoms with Gasteiger partial charge >= 0.3 is 0 Å². The highest BCUT2D eigenvalue weighted by Crippen LogP contribution is 2.13. The van der Waals surface area contributed by atoms with Gasteiger partial charge in [-0.1, -0.05) is 0 Å². The summed E-state index contributed by atoms with van der Waals surface area (Å²) < 4.78 is 36.8. The molecule has 0 aliphatic heterocycles. The molecule has 0 saturated carbocycles. The largest absolute Gasteiger partial charge is 0.385 e. The van der Waals surface area contributed by atoms with Crippen molar-refractivity contribution in [3.05, 3.63) is 24.3 Å². The zero-order chi connectivity index (χ0) is 15.6. The molecule has 0 aliphatic carbocycles. The van der Waals surface area contributed by atoms with Crippen LogP contribution < -0.4 is 10.0 Å². The SMILES string of the molecule is CCNc1ccc(S(=O)(=O)NCCCOCCOC)cc1. The van der Waals surface area contributed by atoms with Crippen molar-refractivity contribution in [3.63, 3.8) is 0 Å². The van der Waals surface area contributed by atoms with E-state index in [1.165, 1.54) is 0 Å². The first-order chi connectivity index (χ1) is 10.1. The van der Waals surface area contributed by atoms with Gasteiger partial charge < -0.3 is 14.8 Å². The zero-order valence-corrected chi connectivity index (χ0v) is 13.4. The van der Waals surface area contributed by atoms with Gasteiger partial charge in [0.1, 0.15) is 0 Å². The molecule has 0 heterocycles. The fourth-order valence-electron chi connectivity index (χ4n) is 1.66. The number of rotatable bonds is 11. The maximum absolute atomic E-state index is 12.0. The van der Waals surface area contributed by atoms with Crippen molar-refractivity contribution in [3.8, 4) is 0 Å². The lowest BCUT2D eigenvalue weighted by molar-refractivity contribution is 0.0699. The van der Waals surface area contributed by atoms with E-state index in [1.807, 2.05) is 6.92 Å². The van der Waals surface area contributed by atoms with Crippen molar-refractivity contribution in [2.45, 2.75) is 18.2 Å². The molecule has 21 heavy (non-hydrogen) atoms. The maximum Gasteiger partial charge on any atom is 0.240 e. The van der Waals surface area contributed by atoms with Crippen molar-refractivity contribution in [2.24, 2.45) is 0 Å². The molecular formula is C14H24N2O4S. The highest BCUT2D eigenvalue weighted by Gasteiger charge is 2.12. The molecule has 0 saturated heterocycles. The second kappa shape index (κ2) is 9.73. The fourth-order valence-corrected chi connectivity index (χ4v) is 2.74. The lowest BCUT2D eigenvalue weighted by Gasteiger charge is -2.08. The Labute approximate surface area is 126 Å². The summed E-state index contributed by atoms with van der Waals surface area (Å²) in [5, 5.41) is 3.12. The Bertz CT molecular complexity index is 488. The van der Waals surface area contributed by atoms with E-state index in [4.69, 9.17) is 9.47 Å². The Hall–Kier alpha value is -1.15. The molecule has 0 spiro atoms. The number of benzene rings is 1. The number of ether oxygens (including phenoxy) is 2. The third kappa shape index (κ3) is 6.90. The van der Waals surface area contributed by atoms with Gasteiger partial charge in [-0.25, -0.2) is 13.1 Å². The molecule has 0 bridgehead atoms. The van der Waals surface area contributed by atoms with Crippen LogP contribution >= 0.6 is 0 Å². The van der Waals surface area contributed by atoms with E-state index in [1.54, 1.807) is 31.4 Å². The third-order valence-corrected chi connectivity index (χ3v) is 4.21. The Balaban J connectivity index is 2.35. The van der Waals surface area contributed by atoms with Crippen LogP contribution in [0.5, 0.6) is 0 Å².